The van der Waals surface area contributed by atoms with Crippen LogP contribution >= 0.6 is 0 Å². The summed E-state index contributed by atoms with van der Waals surface area (Å²) in [6.45, 7) is 13.6. The lowest BCUT2D eigenvalue weighted by molar-refractivity contribution is 0.301. The molecule has 2 rings (SSSR count). The van der Waals surface area contributed by atoms with Gasteiger partial charge in [-0.3, -0.25) is 0 Å². The molecule has 0 bridgehead atoms. The summed E-state index contributed by atoms with van der Waals surface area (Å²) in [5.41, 5.74) is 4.66. The Morgan fingerprint density at radius 1 is 1.21 bits per heavy atom. The maximum atomic E-state index is 3.69. The molecule has 1 heterocycles. The minimum absolute atomic E-state index is 0.184. The van der Waals surface area contributed by atoms with Gasteiger partial charge in [0.2, 0.25) is 0 Å². The Bertz CT molecular complexity index is 415. The van der Waals surface area contributed by atoms with Crippen LogP contribution in [-0.4, -0.2) is 24.7 Å². The van der Waals surface area contributed by atoms with Gasteiger partial charge >= 0.3 is 0 Å². The standard InChI is InChI=1S/C17H28N2/c1-6-14-9-8-10-15(7-2)16(14)19-11-13(3)18-17(4,5)12-19/h8-10,13,18H,6-7,11-12H2,1-5H3. The second-order valence-corrected chi connectivity index (χ2v) is 6.44. The maximum Gasteiger partial charge on any atom is 0.0432 e. The van der Waals surface area contributed by atoms with Gasteiger partial charge in [-0.25, -0.2) is 0 Å². The molecule has 19 heavy (non-hydrogen) atoms. The van der Waals surface area contributed by atoms with Gasteiger partial charge in [0.15, 0.2) is 0 Å². The van der Waals surface area contributed by atoms with Crippen molar-refractivity contribution >= 4 is 5.69 Å². The Labute approximate surface area is 118 Å². The van der Waals surface area contributed by atoms with Gasteiger partial charge in [-0.05, 0) is 44.7 Å². The van der Waals surface area contributed by atoms with Gasteiger partial charge in [-0.2, -0.15) is 0 Å². The number of benzene rings is 1. The summed E-state index contributed by atoms with van der Waals surface area (Å²) < 4.78 is 0. The molecule has 1 aromatic carbocycles. The number of para-hydroxylation sites is 1. The molecule has 1 aliphatic heterocycles. The number of rotatable bonds is 3. The van der Waals surface area contributed by atoms with Crippen molar-refractivity contribution in [3.63, 3.8) is 0 Å². The van der Waals surface area contributed by atoms with Crippen molar-refractivity contribution in [3.8, 4) is 0 Å². The number of anilines is 1. The molecule has 1 unspecified atom stereocenters. The van der Waals surface area contributed by atoms with E-state index in [1.165, 1.54) is 16.8 Å². The van der Waals surface area contributed by atoms with E-state index in [1.54, 1.807) is 0 Å². The second-order valence-electron chi connectivity index (χ2n) is 6.44. The molecule has 1 saturated heterocycles. The van der Waals surface area contributed by atoms with Crippen molar-refractivity contribution in [2.75, 3.05) is 18.0 Å². The van der Waals surface area contributed by atoms with Gasteiger partial charge < -0.3 is 10.2 Å². The van der Waals surface area contributed by atoms with E-state index in [0.717, 1.165) is 25.9 Å². The van der Waals surface area contributed by atoms with Crippen molar-refractivity contribution in [2.45, 2.75) is 59.0 Å². The minimum Gasteiger partial charge on any atom is -0.368 e. The van der Waals surface area contributed by atoms with Crippen LogP contribution in [0.5, 0.6) is 0 Å². The number of piperazine rings is 1. The first-order valence-electron chi connectivity index (χ1n) is 7.60. The summed E-state index contributed by atoms with van der Waals surface area (Å²) >= 11 is 0. The fourth-order valence-electron chi connectivity index (χ4n) is 3.42. The molecule has 0 spiro atoms. The molecule has 0 aromatic heterocycles. The molecule has 1 atom stereocenters. The monoisotopic (exact) mass is 260 g/mol. The Balaban J connectivity index is 2.40. The van der Waals surface area contributed by atoms with Gasteiger partial charge in [-0.1, -0.05) is 32.0 Å². The smallest absolute Gasteiger partial charge is 0.0432 e. The lowest BCUT2D eigenvalue weighted by Crippen LogP contribution is -2.61. The van der Waals surface area contributed by atoms with Crippen LogP contribution in [0.1, 0.15) is 45.7 Å². The molecule has 106 valence electrons. The van der Waals surface area contributed by atoms with Crippen molar-refractivity contribution in [3.05, 3.63) is 29.3 Å². The molecule has 0 amide bonds. The zero-order valence-electron chi connectivity index (χ0n) is 13.1. The second kappa shape index (κ2) is 5.54. The molecule has 1 fully saturated rings. The van der Waals surface area contributed by atoms with Crippen LogP contribution in [0.2, 0.25) is 0 Å². The highest BCUT2D eigenvalue weighted by atomic mass is 15.2. The summed E-state index contributed by atoms with van der Waals surface area (Å²) in [6.07, 6.45) is 2.23. The topological polar surface area (TPSA) is 15.3 Å². The van der Waals surface area contributed by atoms with Crippen LogP contribution in [0.15, 0.2) is 18.2 Å². The van der Waals surface area contributed by atoms with Crippen LogP contribution in [0.4, 0.5) is 5.69 Å². The van der Waals surface area contributed by atoms with E-state index in [1.807, 2.05) is 0 Å². The van der Waals surface area contributed by atoms with Crippen LogP contribution in [0.3, 0.4) is 0 Å². The van der Waals surface area contributed by atoms with Crippen molar-refractivity contribution < 1.29 is 0 Å². The molecular formula is C17H28N2. The minimum atomic E-state index is 0.184. The maximum absolute atomic E-state index is 3.69. The molecule has 0 radical (unpaired) electrons. The summed E-state index contributed by atoms with van der Waals surface area (Å²) in [4.78, 5) is 2.60. The first-order valence-corrected chi connectivity index (χ1v) is 7.60. The Kier molecular flexibility index (Phi) is 4.19. The number of nitrogens with zero attached hydrogens (tertiary/aromatic N) is 1. The molecular weight excluding hydrogens is 232 g/mol. The summed E-state index contributed by atoms with van der Waals surface area (Å²) in [5.74, 6) is 0. The highest BCUT2D eigenvalue weighted by Crippen LogP contribution is 2.30. The van der Waals surface area contributed by atoms with Crippen LogP contribution in [0.25, 0.3) is 0 Å². The van der Waals surface area contributed by atoms with E-state index in [9.17, 15) is 0 Å². The van der Waals surface area contributed by atoms with Crippen LogP contribution in [-0.2, 0) is 12.8 Å². The van der Waals surface area contributed by atoms with Crippen molar-refractivity contribution in [1.82, 2.24) is 5.32 Å². The van der Waals surface area contributed by atoms with Gasteiger partial charge in [0.05, 0.1) is 0 Å². The zero-order chi connectivity index (χ0) is 14.0. The predicted molar refractivity (Wildman–Crippen MR) is 84.1 cm³/mol. The van der Waals surface area contributed by atoms with Gasteiger partial charge in [0.1, 0.15) is 0 Å². The lowest BCUT2D eigenvalue weighted by Gasteiger charge is -2.45. The average Bonchev–Trinajstić information content (AvgIpc) is 2.35. The highest BCUT2D eigenvalue weighted by Gasteiger charge is 2.31. The normalized spacial score (nSPS) is 22.6. The molecule has 0 saturated carbocycles. The summed E-state index contributed by atoms with van der Waals surface area (Å²) in [6, 6.07) is 7.32. The molecule has 1 aromatic rings. The number of nitrogens with one attached hydrogen (secondary N) is 1. The summed E-state index contributed by atoms with van der Waals surface area (Å²) in [7, 11) is 0. The molecule has 2 nitrogen and oxygen atoms in total. The average molecular weight is 260 g/mol. The summed E-state index contributed by atoms with van der Waals surface area (Å²) in [5, 5.41) is 3.69. The van der Waals surface area contributed by atoms with E-state index >= 15 is 0 Å². The third kappa shape index (κ3) is 3.11. The molecule has 1 N–H and O–H groups in total. The van der Waals surface area contributed by atoms with Gasteiger partial charge in [0, 0.05) is 30.4 Å². The van der Waals surface area contributed by atoms with E-state index in [0.29, 0.717) is 6.04 Å². The van der Waals surface area contributed by atoms with E-state index in [2.05, 4.69) is 63.0 Å². The van der Waals surface area contributed by atoms with Gasteiger partial charge in [-0.15, -0.1) is 0 Å². The third-order valence-corrected chi connectivity index (χ3v) is 4.00. The number of hydrogen-bond donors (Lipinski definition) is 1. The third-order valence-electron chi connectivity index (χ3n) is 4.00. The van der Waals surface area contributed by atoms with E-state index < -0.39 is 0 Å². The van der Waals surface area contributed by atoms with Crippen LogP contribution < -0.4 is 10.2 Å². The Morgan fingerprint density at radius 2 is 1.79 bits per heavy atom. The quantitative estimate of drug-likeness (QED) is 0.896. The zero-order valence-corrected chi connectivity index (χ0v) is 13.1. The van der Waals surface area contributed by atoms with Crippen molar-refractivity contribution in [1.29, 1.82) is 0 Å². The van der Waals surface area contributed by atoms with E-state index in [-0.39, 0.29) is 5.54 Å². The first-order chi connectivity index (χ1) is 8.96. The highest BCUT2D eigenvalue weighted by molar-refractivity contribution is 5.60. The SMILES string of the molecule is CCc1cccc(CC)c1N1CC(C)NC(C)(C)C1. The first kappa shape index (κ1) is 14.4. The van der Waals surface area contributed by atoms with E-state index in [4.69, 9.17) is 0 Å². The molecule has 1 aliphatic rings. The van der Waals surface area contributed by atoms with Gasteiger partial charge in [0.25, 0.3) is 0 Å². The number of hydrogen-bond acceptors (Lipinski definition) is 2. The largest absolute Gasteiger partial charge is 0.368 e. The molecule has 0 aliphatic carbocycles. The van der Waals surface area contributed by atoms with Crippen molar-refractivity contribution in [2.24, 2.45) is 0 Å². The lowest BCUT2D eigenvalue weighted by atomic mass is 9.95. The fourth-order valence-corrected chi connectivity index (χ4v) is 3.42. The van der Waals surface area contributed by atoms with Crippen LogP contribution in [0, 0.1) is 0 Å². The Morgan fingerprint density at radius 3 is 2.26 bits per heavy atom. The predicted octanol–water partition coefficient (Wildman–Crippen LogP) is 3.39. The number of aryl methyl sites for hydroxylation is 2. The Hall–Kier alpha value is -1.02. The fraction of sp³-hybridized carbons (Fsp3) is 0.647. The molecule has 2 heteroatoms.